The van der Waals surface area contributed by atoms with Gasteiger partial charge in [-0.1, -0.05) is 30.3 Å². The van der Waals surface area contributed by atoms with Crippen LogP contribution < -0.4 is 15.4 Å². The number of carbonyl (C=O) groups is 1. The quantitative estimate of drug-likeness (QED) is 0.722. The Kier molecular flexibility index (Phi) is 7.29. The van der Waals surface area contributed by atoms with Gasteiger partial charge in [0.15, 0.2) is 0 Å². The lowest BCUT2D eigenvalue weighted by Crippen LogP contribution is -2.30. The van der Waals surface area contributed by atoms with Crippen LogP contribution in [0.15, 0.2) is 54.6 Å². The second-order valence-corrected chi connectivity index (χ2v) is 6.87. The molecule has 0 saturated carbocycles. The molecule has 6 heteroatoms. The summed E-state index contributed by atoms with van der Waals surface area (Å²) in [5, 5.41) is 5.48. The highest BCUT2D eigenvalue weighted by Gasteiger charge is 2.02. The van der Waals surface area contributed by atoms with E-state index in [1.807, 2.05) is 42.5 Å². The van der Waals surface area contributed by atoms with Gasteiger partial charge >= 0.3 is 6.03 Å². The summed E-state index contributed by atoms with van der Waals surface area (Å²) in [5.41, 5.74) is 1.80. The van der Waals surface area contributed by atoms with Gasteiger partial charge in [0.05, 0.1) is 0 Å². The summed E-state index contributed by atoms with van der Waals surface area (Å²) in [5.74, 6) is 1.34. The number of nitrogens with one attached hydrogen (secondary N) is 2. The minimum Gasteiger partial charge on any atom is -0.489 e. The fourth-order valence-electron chi connectivity index (χ4n) is 2.03. The Bertz CT molecular complexity index is 660. The van der Waals surface area contributed by atoms with Gasteiger partial charge in [-0.25, -0.2) is 4.79 Å². The lowest BCUT2D eigenvalue weighted by Gasteiger charge is -2.09. The summed E-state index contributed by atoms with van der Waals surface area (Å²) in [6.07, 6.45) is 2.35. The molecule has 0 saturated heterocycles. The number of hydrogen-bond donors (Lipinski definition) is 2. The molecule has 0 aromatic heterocycles. The normalized spacial score (nSPS) is 11.5. The van der Waals surface area contributed by atoms with E-state index in [4.69, 9.17) is 4.74 Å². The average Bonchev–Trinajstić information content (AvgIpc) is 2.59. The first-order valence-electron chi connectivity index (χ1n) is 7.75. The molecule has 0 aliphatic carbocycles. The van der Waals surface area contributed by atoms with Crippen molar-refractivity contribution in [1.82, 2.24) is 5.32 Å². The van der Waals surface area contributed by atoms with E-state index < -0.39 is 10.8 Å². The molecule has 1 atom stereocenters. The molecule has 5 nitrogen and oxygen atoms in total. The van der Waals surface area contributed by atoms with Crippen LogP contribution in [0.4, 0.5) is 10.5 Å². The molecule has 0 aliphatic rings. The lowest BCUT2D eigenvalue weighted by molar-refractivity contribution is 0.252. The number of amides is 2. The molecular formula is C18H22N2O3S. The molecule has 0 aliphatic heterocycles. The predicted molar refractivity (Wildman–Crippen MR) is 97.8 cm³/mol. The number of anilines is 1. The highest BCUT2D eigenvalue weighted by Crippen LogP contribution is 2.17. The van der Waals surface area contributed by atoms with Gasteiger partial charge in [0.2, 0.25) is 0 Å². The summed E-state index contributed by atoms with van der Waals surface area (Å²) < 4.78 is 16.6. The Hall–Kier alpha value is -2.34. The lowest BCUT2D eigenvalue weighted by atomic mass is 10.2. The molecule has 0 fully saturated rings. The first kappa shape index (κ1) is 18.0. The summed E-state index contributed by atoms with van der Waals surface area (Å²) in [7, 11) is -0.823. The maximum atomic E-state index is 11.7. The van der Waals surface area contributed by atoms with Gasteiger partial charge in [0.25, 0.3) is 0 Å². The van der Waals surface area contributed by atoms with Crippen LogP contribution in [0.2, 0.25) is 0 Å². The second kappa shape index (κ2) is 9.72. The van der Waals surface area contributed by atoms with Crippen molar-refractivity contribution in [1.29, 1.82) is 0 Å². The molecule has 2 aromatic rings. The minimum absolute atomic E-state index is 0.269. The molecule has 0 radical (unpaired) electrons. The Labute approximate surface area is 144 Å². The number of hydrogen-bond acceptors (Lipinski definition) is 3. The molecule has 2 aromatic carbocycles. The molecular weight excluding hydrogens is 324 g/mol. The van der Waals surface area contributed by atoms with Gasteiger partial charge in [0.1, 0.15) is 12.4 Å². The largest absolute Gasteiger partial charge is 0.489 e. The Morgan fingerprint density at radius 2 is 1.79 bits per heavy atom. The molecule has 2 amide bonds. The molecule has 0 spiro atoms. The number of rotatable bonds is 8. The fourth-order valence-corrected chi connectivity index (χ4v) is 2.58. The van der Waals surface area contributed by atoms with Crippen molar-refractivity contribution in [2.24, 2.45) is 0 Å². The minimum atomic E-state index is -0.823. The third-order valence-corrected chi connectivity index (χ3v) is 4.12. The summed E-state index contributed by atoms with van der Waals surface area (Å²) in [6, 6.07) is 16.9. The van der Waals surface area contributed by atoms with Crippen LogP contribution in [-0.2, 0) is 17.4 Å². The first-order valence-corrected chi connectivity index (χ1v) is 9.48. The molecule has 0 heterocycles. The zero-order chi connectivity index (χ0) is 17.2. The predicted octanol–water partition coefficient (Wildman–Crippen LogP) is 3.16. The van der Waals surface area contributed by atoms with E-state index in [0.717, 1.165) is 11.3 Å². The number of carbonyl (C=O) groups excluding carboxylic acids is 1. The molecule has 0 bridgehead atoms. The van der Waals surface area contributed by atoms with Crippen LogP contribution in [0.25, 0.3) is 0 Å². The van der Waals surface area contributed by atoms with Crippen LogP contribution >= 0.6 is 0 Å². The van der Waals surface area contributed by atoms with E-state index in [0.29, 0.717) is 31.0 Å². The molecule has 24 heavy (non-hydrogen) atoms. The molecule has 128 valence electrons. The Morgan fingerprint density at radius 1 is 1.08 bits per heavy atom. The summed E-state index contributed by atoms with van der Waals surface area (Å²) in [6.45, 7) is 1.01. The molecule has 1 unspecified atom stereocenters. The fraction of sp³-hybridized carbons (Fsp3) is 0.278. The second-order valence-electron chi connectivity index (χ2n) is 5.31. The maximum Gasteiger partial charge on any atom is 0.319 e. The number of ether oxygens (including phenoxy) is 1. The molecule has 2 N–H and O–H groups in total. The number of urea groups is 1. The van der Waals surface area contributed by atoms with E-state index >= 15 is 0 Å². The van der Waals surface area contributed by atoms with E-state index in [9.17, 15) is 9.00 Å². The summed E-state index contributed by atoms with van der Waals surface area (Å²) in [4.78, 5) is 11.7. The van der Waals surface area contributed by atoms with Crippen LogP contribution in [0, 0.1) is 0 Å². The zero-order valence-corrected chi connectivity index (χ0v) is 14.5. The standard InChI is InChI=1S/C18H22N2O3S/c1-24(22)13-5-12-19-18(21)20-16-8-10-17(11-9-16)23-14-15-6-3-2-4-7-15/h2-4,6-11H,5,12-14H2,1H3,(H2,19,20,21). The molecule has 2 rings (SSSR count). The van der Waals surface area contributed by atoms with E-state index in [1.54, 1.807) is 18.4 Å². The van der Waals surface area contributed by atoms with Gasteiger partial charge < -0.3 is 15.4 Å². The monoisotopic (exact) mass is 346 g/mol. The van der Waals surface area contributed by atoms with E-state index in [-0.39, 0.29) is 6.03 Å². The first-order chi connectivity index (χ1) is 11.6. The van der Waals surface area contributed by atoms with Gasteiger partial charge in [0, 0.05) is 35.0 Å². The number of benzene rings is 2. The highest BCUT2D eigenvalue weighted by molar-refractivity contribution is 7.84. The average molecular weight is 346 g/mol. The van der Waals surface area contributed by atoms with Crippen LogP contribution in [0.5, 0.6) is 5.75 Å². The summed E-state index contributed by atoms with van der Waals surface area (Å²) >= 11 is 0. The van der Waals surface area contributed by atoms with Crippen molar-refractivity contribution in [3.05, 3.63) is 60.2 Å². The van der Waals surface area contributed by atoms with Crippen LogP contribution in [-0.4, -0.2) is 28.8 Å². The van der Waals surface area contributed by atoms with Crippen molar-refractivity contribution in [3.63, 3.8) is 0 Å². The Balaban J connectivity index is 1.73. The van der Waals surface area contributed by atoms with Gasteiger partial charge in [-0.05, 0) is 36.2 Å². The topological polar surface area (TPSA) is 67.4 Å². The zero-order valence-electron chi connectivity index (χ0n) is 13.7. The highest BCUT2D eigenvalue weighted by atomic mass is 32.2. The third-order valence-electron chi connectivity index (χ3n) is 3.25. The van der Waals surface area contributed by atoms with E-state index in [2.05, 4.69) is 10.6 Å². The SMILES string of the molecule is CS(=O)CCCNC(=O)Nc1ccc(OCc2ccccc2)cc1. The Morgan fingerprint density at radius 3 is 2.46 bits per heavy atom. The maximum absolute atomic E-state index is 11.7. The van der Waals surface area contributed by atoms with Crippen molar-refractivity contribution in [2.45, 2.75) is 13.0 Å². The smallest absolute Gasteiger partial charge is 0.319 e. The van der Waals surface area contributed by atoms with Crippen molar-refractivity contribution in [3.8, 4) is 5.75 Å². The van der Waals surface area contributed by atoms with Crippen LogP contribution in [0.1, 0.15) is 12.0 Å². The van der Waals surface area contributed by atoms with Crippen LogP contribution in [0.3, 0.4) is 0 Å². The van der Waals surface area contributed by atoms with Crippen molar-refractivity contribution >= 4 is 22.5 Å². The van der Waals surface area contributed by atoms with E-state index in [1.165, 1.54) is 0 Å². The van der Waals surface area contributed by atoms with Gasteiger partial charge in [-0.2, -0.15) is 0 Å². The van der Waals surface area contributed by atoms with Crippen molar-refractivity contribution in [2.75, 3.05) is 23.9 Å². The van der Waals surface area contributed by atoms with Gasteiger partial charge in [-0.15, -0.1) is 0 Å². The van der Waals surface area contributed by atoms with Gasteiger partial charge in [-0.3, -0.25) is 4.21 Å². The third kappa shape index (κ3) is 6.83. The van der Waals surface area contributed by atoms with Crippen molar-refractivity contribution < 1.29 is 13.7 Å².